The van der Waals surface area contributed by atoms with Gasteiger partial charge in [-0.15, -0.1) is 0 Å². The normalized spacial score (nSPS) is 24.9. The Hall–Kier alpha value is -0.870. The molecule has 106 valence electrons. The van der Waals surface area contributed by atoms with Gasteiger partial charge in [0.25, 0.3) is 0 Å². The van der Waals surface area contributed by atoms with E-state index < -0.39 is 0 Å². The van der Waals surface area contributed by atoms with Crippen molar-refractivity contribution in [3.05, 3.63) is 18.2 Å². The second kappa shape index (κ2) is 6.53. The molecule has 0 aromatic carbocycles. The van der Waals surface area contributed by atoms with Crippen molar-refractivity contribution >= 4 is 0 Å². The number of ether oxygens (including phenoxy) is 1. The van der Waals surface area contributed by atoms with E-state index in [1.54, 1.807) is 0 Å². The highest BCUT2D eigenvalue weighted by Crippen LogP contribution is 2.23. The maximum atomic E-state index is 6.00. The molecule has 1 aromatic heterocycles. The van der Waals surface area contributed by atoms with Crippen LogP contribution in [0.1, 0.15) is 56.7 Å². The number of imidazole rings is 1. The van der Waals surface area contributed by atoms with Crippen LogP contribution < -0.4 is 5.32 Å². The maximum Gasteiger partial charge on any atom is 0.0949 e. The minimum atomic E-state index is 0.497. The van der Waals surface area contributed by atoms with Gasteiger partial charge in [0, 0.05) is 18.8 Å². The summed E-state index contributed by atoms with van der Waals surface area (Å²) in [6, 6.07) is 0.497. The van der Waals surface area contributed by atoms with Gasteiger partial charge in [0.05, 0.1) is 24.7 Å². The largest absolute Gasteiger partial charge is 0.376 e. The first kappa shape index (κ1) is 13.1. The lowest BCUT2D eigenvalue weighted by Gasteiger charge is -2.22. The minimum absolute atomic E-state index is 0.497. The average Bonchev–Trinajstić information content (AvgIpc) is 3.10. The van der Waals surface area contributed by atoms with E-state index >= 15 is 0 Å². The number of hydrogen-bond donors (Lipinski definition) is 1. The highest BCUT2D eigenvalue weighted by Gasteiger charge is 2.20. The first-order valence-electron chi connectivity index (χ1n) is 7.78. The quantitative estimate of drug-likeness (QED) is 0.887. The Morgan fingerprint density at radius 3 is 2.89 bits per heavy atom. The SMILES string of the molecule is c1ncn(CCOC2CCCCC2)c1C1CCCN1. The van der Waals surface area contributed by atoms with E-state index in [9.17, 15) is 0 Å². The van der Waals surface area contributed by atoms with Crippen LogP contribution in [0.4, 0.5) is 0 Å². The maximum absolute atomic E-state index is 6.00. The van der Waals surface area contributed by atoms with Gasteiger partial charge in [-0.2, -0.15) is 0 Å². The third-order valence-electron chi connectivity index (χ3n) is 4.40. The van der Waals surface area contributed by atoms with Crippen LogP contribution in [0.15, 0.2) is 12.5 Å². The average molecular weight is 263 g/mol. The van der Waals surface area contributed by atoms with E-state index in [2.05, 4.69) is 14.9 Å². The van der Waals surface area contributed by atoms with Crippen molar-refractivity contribution in [2.24, 2.45) is 0 Å². The van der Waals surface area contributed by atoms with Crippen LogP contribution in [0.5, 0.6) is 0 Å². The molecular formula is C15H25N3O. The van der Waals surface area contributed by atoms with Crippen LogP contribution in [-0.2, 0) is 11.3 Å². The van der Waals surface area contributed by atoms with Crippen molar-refractivity contribution in [3.63, 3.8) is 0 Å². The Morgan fingerprint density at radius 2 is 2.11 bits per heavy atom. The molecule has 1 atom stereocenters. The summed E-state index contributed by atoms with van der Waals surface area (Å²) in [6.45, 7) is 2.89. The summed E-state index contributed by atoms with van der Waals surface area (Å²) in [6.07, 6.45) is 13.5. The minimum Gasteiger partial charge on any atom is -0.376 e. The fourth-order valence-electron chi connectivity index (χ4n) is 3.29. The van der Waals surface area contributed by atoms with Gasteiger partial charge in [-0.1, -0.05) is 19.3 Å². The first-order valence-corrected chi connectivity index (χ1v) is 7.78. The summed E-state index contributed by atoms with van der Waals surface area (Å²) in [5.74, 6) is 0. The third kappa shape index (κ3) is 3.37. The Bertz CT molecular complexity index is 378. The van der Waals surface area contributed by atoms with Crippen molar-refractivity contribution in [2.45, 2.75) is 63.6 Å². The number of nitrogens with zero attached hydrogens (tertiary/aromatic N) is 2. The lowest BCUT2D eigenvalue weighted by molar-refractivity contribution is 0.0237. The second-order valence-electron chi connectivity index (χ2n) is 5.79. The molecule has 1 saturated carbocycles. The van der Waals surface area contributed by atoms with Gasteiger partial charge in [0.1, 0.15) is 0 Å². The molecule has 1 saturated heterocycles. The molecule has 1 unspecified atom stereocenters. The van der Waals surface area contributed by atoms with Crippen LogP contribution in [0.2, 0.25) is 0 Å². The zero-order valence-electron chi connectivity index (χ0n) is 11.7. The molecule has 1 N–H and O–H groups in total. The van der Waals surface area contributed by atoms with Crippen molar-refractivity contribution in [1.29, 1.82) is 0 Å². The molecule has 4 nitrogen and oxygen atoms in total. The van der Waals surface area contributed by atoms with Gasteiger partial charge in [0.15, 0.2) is 0 Å². The highest BCUT2D eigenvalue weighted by molar-refractivity contribution is 5.07. The molecule has 1 aromatic rings. The summed E-state index contributed by atoms with van der Waals surface area (Å²) in [4.78, 5) is 4.30. The lowest BCUT2D eigenvalue weighted by Crippen LogP contribution is -2.21. The third-order valence-corrected chi connectivity index (χ3v) is 4.40. The highest BCUT2D eigenvalue weighted by atomic mass is 16.5. The molecule has 0 spiro atoms. The number of aromatic nitrogens is 2. The summed E-state index contributed by atoms with van der Waals surface area (Å²) < 4.78 is 8.26. The molecule has 2 heterocycles. The number of nitrogens with one attached hydrogen (secondary N) is 1. The smallest absolute Gasteiger partial charge is 0.0949 e. The van der Waals surface area contributed by atoms with E-state index in [1.807, 2.05) is 12.5 Å². The Kier molecular flexibility index (Phi) is 4.51. The van der Waals surface area contributed by atoms with Crippen LogP contribution in [0.25, 0.3) is 0 Å². The Labute approximate surface area is 115 Å². The molecule has 2 fully saturated rings. The van der Waals surface area contributed by atoms with E-state index in [0.717, 1.165) is 19.7 Å². The zero-order valence-corrected chi connectivity index (χ0v) is 11.7. The molecule has 2 aliphatic rings. The van der Waals surface area contributed by atoms with Gasteiger partial charge in [-0.25, -0.2) is 4.98 Å². The molecule has 0 radical (unpaired) electrons. The van der Waals surface area contributed by atoms with E-state index in [4.69, 9.17) is 4.74 Å². The van der Waals surface area contributed by atoms with Crippen LogP contribution in [0, 0.1) is 0 Å². The predicted molar refractivity (Wildman–Crippen MR) is 75.0 cm³/mol. The van der Waals surface area contributed by atoms with E-state index in [-0.39, 0.29) is 0 Å². The molecule has 1 aliphatic heterocycles. The number of hydrogen-bond acceptors (Lipinski definition) is 3. The van der Waals surface area contributed by atoms with Crippen LogP contribution >= 0.6 is 0 Å². The van der Waals surface area contributed by atoms with Crippen molar-refractivity contribution in [1.82, 2.24) is 14.9 Å². The summed E-state index contributed by atoms with van der Waals surface area (Å²) in [5, 5.41) is 3.54. The lowest BCUT2D eigenvalue weighted by atomic mass is 9.98. The van der Waals surface area contributed by atoms with Gasteiger partial charge in [0.2, 0.25) is 0 Å². The van der Waals surface area contributed by atoms with Gasteiger partial charge in [-0.05, 0) is 32.2 Å². The monoisotopic (exact) mass is 263 g/mol. The van der Waals surface area contributed by atoms with Gasteiger partial charge >= 0.3 is 0 Å². The van der Waals surface area contributed by atoms with Crippen molar-refractivity contribution < 1.29 is 4.74 Å². The van der Waals surface area contributed by atoms with Gasteiger partial charge in [-0.3, -0.25) is 0 Å². The van der Waals surface area contributed by atoms with Crippen LogP contribution in [0.3, 0.4) is 0 Å². The Balaban J connectivity index is 1.48. The second-order valence-corrected chi connectivity index (χ2v) is 5.79. The van der Waals surface area contributed by atoms with Crippen molar-refractivity contribution in [2.75, 3.05) is 13.2 Å². The fourth-order valence-corrected chi connectivity index (χ4v) is 3.29. The molecule has 1 aliphatic carbocycles. The molecular weight excluding hydrogens is 238 g/mol. The predicted octanol–water partition coefficient (Wildman–Crippen LogP) is 2.66. The summed E-state index contributed by atoms with van der Waals surface area (Å²) in [7, 11) is 0. The van der Waals surface area contributed by atoms with E-state index in [0.29, 0.717) is 12.1 Å². The van der Waals surface area contributed by atoms with Crippen LogP contribution in [-0.4, -0.2) is 28.8 Å². The van der Waals surface area contributed by atoms with Crippen molar-refractivity contribution in [3.8, 4) is 0 Å². The summed E-state index contributed by atoms with van der Waals surface area (Å²) in [5.41, 5.74) is 1.32. The topological polar surface area (TPSA) is 39.1 Å². The summed E-state index contributed by atoms with van der Waals surface area (Å²) >= 11 is 0. The van der Waals surface area contributed by atoms with Gasteiger partial charge < -0.3 is 14.6 Å². The molecule has 4 heteroatoms. The molecule has 19 heavy (non-hydrogen) atoms. The molecule has 0 amide bonds. The van der Waals surface area contributed by atoms with E-state index in [1.165, 1.54) is 50.6 Å². The zero-order chi connectivity index (χ0) is 12.9. The number of rotatable bonds is 5. The Morgan fingerprint density at radius 1 is 1.21 bits per heavy atom. The first-order chi connectivity index (χ1) is 9.43. The fraction of sp³-hybridized carbons (Fsp3) is 0.800. The molecule has 0 bridgehead atoms. The standard InChI is InChI=1S/C15H25N3O/c1-2-5-13(6-3-1)19-10-9-18-12-16-11-15(18)14-7-4-8-17-14/h11-14,17H,1-10H2. The molecule has 3 rings (SSSR count).